The van der Waals surface area contributed by atoms with E-state index in [1.54, 1.807) is 31.9 Å². The zero-order valence-electron chi connectivity index (χ0n) is 14.1. The average molecular weight is 356 g/mol. The first-order valence-electron chi connectivity index (χ1n) is 7.87. The summed E-state index contributed by atoms with van der Waals surface area (Å²) in [5.41, 5.74) is -0.823. The lowest BCUT2D eigenvalue weighted by molar-refractivity contribution is -0.146. The minimum atomic E-state index is -0.840. The number of hydrogen-bond acceptors (Lipinski definition) is 5. The lowest BCUT2D eigenvalue weighted by atomic mass is 9.88. The highest BCUT2D eigenvalue weighted by Gasteiger charge is 2.48. The van der Waals surface area contributed by atoms with Crippen LogP contribution in [0.1, 0.15) is 53.7 Å². The number of rotatable bonds is 2. The number of fused-ring (bicyclic) bond motifs is 1. The largest absolute Gasteiger partial charge is 0.484 e. The minimum absolute atomic E-state index is 0. The van der Waals surface area contributed by atoms with Gasteiger partial charge in [0.05, 0.1) is 15.8 Å². The molecule has 0 aromatic carbocycles. The van der Waals surface area contributed by atoms with Gasteiger partial charge in [-0.25, -0.2) is 0 Å². The van der Waals surface area contributed by atoms with Crippen LogP contribution in [-0.4, -0.2) is 52.6 Å². The maximum absolute atomic E-state index is 12.4. The van der Waals surface area contributed by atoms with Crippen LogP contribution in [0.4, 0.5) is 0 Å². The average Bonchev–Trinajstić information content (AvgIpc) is 2.91. The maximum atomic E-state index is 12.4. The Bertz CT molecular complexity index is 642. The van der Waals surface area contributed by atoms with Gasteiger partial charge in [-0.15, -0.1) is 11.3 Å². The van der Waals surface area contributed by atoms with E-state index in [9.17, 15) is 14.7 Å². The van der Waals surface area contributed by atoms with Crippen LogP contribution >= 0.6 is 11.3 Å². The summed E-state index contributed by atoms with van der Waals surface area (Å²) in [5, 5.41) is 13.4. The Hall–Kier alpha value is -1.64. The molecule has 0 unspecified atom stereocenters. The zero-order valence-corrected chi connectivity index (χ0v) is 14.9. The number of aliphatic hydroxyl groups excluding tert-OH is 1. The molecule has 7 nitrogen and oxygen atoms in total. The zero-order chi connectivity index (χ0) is 16.8. The van der Waals surface area contributed by atoms with Gasteiger partial charge >= 0.3 is 0 Å². The second-order valence-corrected chi connectivity index (χ2v) is 7.64. The van der Waals surface area contributed by atoms with E-state index in [4.69, 9.17) is 4.74 Å². The van der Waals surface area contributed by atoms with Gasteiger partial charge in [0.15, 0.2) is 0 Å². The number of aliphatic hydroxyl groups is 1. The van der Waals surface area contributed by atoms with E-state index in [0.29, 0.717) is 23.6 Å². The van der Waals surface area contributed by atoms with Gasteiger partial charge in [0.25, 0.3) is 5.91 Å². The molecule has 2 aliphatic rings. The van der Waals surface area contributed by atoms with E-state index in [2.05, 4.69) is 5.32 Å². The van der Waals surface area contributed by atoms with Crippen molar-refractivity contribution in [1.82, 2.24) is 10.2 Å². The summed E-state index contributed by atoms with van der Waals surface area (Å²) < 4.78 is 5.91. The smallest absolute Gasteiger partial charge is 0.261 e. The fraction of sp³-hybridized carbons (Fsp3) is 0.625. The quantitative estimate of drug-likeness (QED) is 0.819. The molecule has 0 bridgehead atoms. The third kappa shape index (κ3) is 3.01. The number of hydrogen-bond donors (Lipinski definition) is 2. The summed E-state index contributed by atoms with van der Waals surface area (Å²) >= 11 is 1.29. The van der Waals surface area contributed by atoms with Crippen LogP contribution in [0, 0.1) is 0 Å². The summed E-state index contributed by atoms with van der Waals surface area (Å²) in [6.45, 7) is 4.24. The molecular formula is C16H24N2O5S. The van der Waals surface area contributed by atoms with Crippen molar-refractivity contribution in [2.75, 3.05) is 13.6 Å². The summed E-state index contributed by atoms with van der Waals surface area (Å²) in [5.74, 6) is 0.454. The van der Waals surface area contributed by atoms with Crippen molar-refractivity contribution >= 4 is 23.2 Å². The molecular weight excluding hydrogens is 332 g/mol. The molecule has 0 saturated carbocycles. The van der Waals surface area contributed by atoms with E-state index in [1.807, 2.05) is 0 Å². The van der Waals surface area contributed by atoms with Gasteiger partial charge in [-0.2, -0.15) is 0 Å². The molecule has 8 heteroatoms. The molecule has 3 heterocycles. The Labute approximate surface area is 144 Å². The van der Waals surface area contributed by atoms with E-state index < -0.39 is 17.7 Å². The Kier molecular flexibility index (Phi) is 5.22. The van der Waals surface area contributed by atoms with Crippen molar-refractivity contribution in [2.24, 2.45) is 0 Å². The highest BCUT2D eigenvalue weighted by Crippen LogP contribution is 2.47. The molecule has 2 aliphatic heterocycles. The van der Waals surface area contributed by atoms with Gasteiger partial charge < -0.3 is 25.5 Å². The van der Waals surface area contributed by atoms with Crippen LogP contribution in [-0.2, 0) is 4.79 Å². The van der Waals surface area contributed by atoms with Gasteiger partial charge in [-0.3, -0.25) is 9.59 Å². The summed E-state index contributed by atoms with van der Waals surface area (Å²) in [7, 11) is 1.58. The van der Waals surface area contributed by atoms with Crippen LogP contribution in [0.25, 0.3) is 0 Å². The highest BCUT2D eigenvalue weighted by molar-refractivity contribution is 7.14. The molecule has 1 saturated heterocycles. The van der Waals surface area contributed by atoms with Crippen LogP contribution in [0.15, 0.2) is 6.07 Å². The Balaban J connectivity index is 0.00000208. The van der Waals surface area contributed by atoms with E-state index >= 15 is 0 Å². The number of carbonyl (C=O) groups excluding carboxylic acids is 2. The fourth-order valence-corrected chi connectivity index (χ4v) is 4.39. The van der Waals surface area contributed by atoms with Gasteiger partial charge in [0, 0.05) is 26.1 Å². The molecule has 2 amide bonds. The first-order chi connectivity index (χ1) is 10.8. The Morgan fingerprint density at radius 2 is 2.17 bits per heavy atom. The molecule has 1 fully saturated rings. The second kappa shape index (κ2) is 6.70. The predicted octanol–water partition coefficient (Wildman–Crippen LogP) is 0.868. The fourth-order valence-electron chi connectivity index (χ4n) is 3.21. The van der Waals surface area contributed by atoms with Crippen molar-refractivity contribution in [2.45, 2.75) is 50.9 Å². The lowest BCUT2D eigenvalue weighted by Crippen LogP contribution is -2.55. The molecule has 4 N–H and O–H groups in total. The minimum Gasteiger partial charge on any atom is -0.484 e. The number of likely N-dealkylation sites (tertiary alicyclic amines) is 1. The first kappa shape index (κ1) is 18.7. The lowest BCUT2D eigenvalue weighted by Gasteiger charge is -2.46. The summed E-state index contributed by atoms with van der Waals surface area (Å²) in [4.78, 5) is 27.3. The predicted molar refractivity (Wildman–Crippen MR) is 90.3 cm³/mol. The molecule has 1 aromatic heterocycles. The standard InChI is InChI=1S/C16H22N2O4S.H2O/c1-16(2)14(20)12(18-7-5-4-6-11(18)19)13-9(22-16)8-10(23-13)15(21)17-3;/h8,12,14,20H,4-7H2,1-3H3,(H,17,21);1H2/t12-,14+;/m1./s1. The molecule has 0 spiro atoms. The monoisotopic (exact) mass is 356 g/mol. The van der Waals surface area contributed by atoms with Crippen LogP contribution in [0.2, 0.25) is 0 Å². The van der Waals surface area contributed by atoms with Crippen LogP contribution in [0.5, 0.6) is 5.75 Å². The second-order valence-electron chi connectivity index (χ2n) is 6.56. The van der Waals surface area contributed by atoms with Gasteiger partial charge in [0.1, 0.15) is 17.5 Å². The molecule has 3 rings (SSSR count). The van der Waals surface area contributed by atoms with Crippen LogP contribution < -0.4 is 10.1 Å². The van der Waals surface area contributed by atoms with Crippen LogP contribution in [0.3, 0.4) is 0 Å². The van der Waals surface area contributed by atoms with Gasteiger partial charge in [-0.1, -0.05) is 0 Å². The molecule has 0 radical (unpaired) electrons. The number of amides is 2. The number of nitrogens with one attached hydrogen (secondary N) is 1. The SMILES string of the molecule is CNC(=O)c1cc2c(s1)[C@@H](N1CCCCC1=O)[C@H](O)C(C)(C)O2.O. The van der Waals surface area contributed by atoms with Gasteiger partial charge in [-0.05, 0) is 26.7 Å². The molecule has 2 atom stereocenters. The third-order valence-electron chi connectivity index (χ3n) is 4.52. The number of nitrogens with zero attached hydrogens (tertiary/aromatic N) is 1. The molecule has 1 aromatic rings. The molecule has 0 aliphatic carbocycles. The van der Waals surface area contributed by atoms with Crippen molar-refractivity contribution in [3.8, 4) is 5.75 Å². The first-order valence-corrected chi connectivity index (χ1v) is 8.69. The summed E-state index contributed by atoms with van der Waals surface area (Å²) in [6, 6.07) is 1.25. The molecule has 134 valence electrons. The van der Waals surface area contributed by atoms with Crippen molar-refractivity contribution < 1.29 is 24.9 Å². The topological polar surface area (TPSA) is 110 Å². The van der Waals surface area contributed by atoms with Crippen molar-refractivity contribution in [1.29, 1.82) is 0 Å². The van der Waals surface area contributed by atoms with E-state index in [1.165, 1.54) is 11.3 Å². The Morgan fingerprint density at radius 3 is 2.79 bits per heavy atom. The highest BCUT2D eigenvalue weighted by atomic mass is 32.1. The van der Waals surface area contributed by atoms with Crippen molar-refractivity contribution in [3.05, 3.63) is 15.8 Å². The van der Waals surface area contributed by atoms with E-state index in [-0.39, 0.29) is 17.3 Å². The number of carbonyl (C=O) groups is 2. The number of thiophene rings is 1. The van der Waals surface area contributed by atoms with Crippen molar-refractivity contribution in [3.63, 3.8) is 0 Å². The summed E-state index contributed by atoms with van der Waals surface area (Å²) in [6.07, 6.45) is 1.49. The van der Waals surface area contributed by atoms with E-state index in [0.717, 1.165) is 17.7 Å². The third-order valence-corrected chi connectivity index (χ3v) is 5.71. The normalized spacial score (nSPS) is 25.3. The maximum Gasteiger partial charge on any atom is 0.261 e. The number of ether oxygens (including phenoxy) is 1. The molecule has 24 heavy (non-hydrogen) atoms. The Morgan fingerprint density at radius 1 is 1.46 bits per heavy atom. The van der Waals surface area contributed by atoms with Gasteiger partial charge in [0.2, 0.25) is 5.91 Å². The number of piperidine rings is 1.